The van der Waals surface area contributed by atoms with E-state index < -0.39 is 0 Å². The largest absolute Gasteiger partial charge is 0.316 e. The second-order valence-corrected chi connectivity index (χ2v) is 4.33. The average Bonchev–Trinajstić information content (AvgIpc) is 2.40. The number of unbranched alkanes of at least 4 members (excludes halogenated alkanes) is 1. The SMILES string of the molecule is CCCCNCCC(=O)N(CC)c1ccccc1. The number of hydrogen-bond donors (Lipinski definition) is 1. The van der Waals surface area contributed by atoms with Crippen molar-refractivity contribution in [2.24, 2.45) is 0 Å². The molecule has 1 rings (SSSR count). The van der Waals surface area contributed by atoms with Gasteiger partial charge in [0.05, 0.1) is 0 Å². The number of benzene rings is 1. The van der Waals surface area contributed by atoms with Gasteiger partial charge in [0.1, 0.15) is 0 Å². The Kier molecular flexibility index (Phi) is 7.11. The van der Waals surface area contributed by atoms with E-state index in [1.807, 2.05) is 42.2 Å². The van der Waals surface area contributed by atoms with Crippen LogP contribution in [0.2, 0.25) is 0 Å². The van der Waals surface area contributed by atoms with Crippen LogP contribution in [0.1, 0.15) is 33.1 Å². The smallest absolute Gasteiger partial charge is 0.228 e. The van der Waals surface area contributed by atoms with E-state index in [2.05, 4.69) is 12.2 Å². The van der Waals surface area contributed by atoms with Gasteiger partial charge in [-0.1, -0.05) is 31.5 Å². The van der Waals surface area contributed by atoms with E-state index in [9.17, 15) is 4.79 Å². The van der Waals surface area contributed by atoms with Crippen LogP contribution >= 0.6 is 0 Å². The molecule has 0 heterocycles. The van der Waals surface area contributed by atoms with Crippen LogP contribution in [0.5, 0.6) is 0 Å². The Morgan fingerprint density at radius 1 is 1.17 bits per heavy atom. The van der Waals surface area contributed by atoms with Crippen molar-refractivity contribution in [3.63, 3.8) is 0 Å². The van der Waals surface area contributed by atoms with Gasteiger partial charge in [-0.15, -0.1) is 0 Å². The van der Waals surface area contributed by atoms with Gasteiger partial charge in [0, 0.05) is 25.2 Å². The molecule has 1 amide bonds. The van der Waals surface area contributed by atoms with Gasteiger partial charge in [-0.2, -0.15) is 0 Å². The molecule has 100 valence electrons. The van der Waals surface area contributed by atoms with E-state index in [0.717, 1.165) is 25.3 Å². The predicted octanol–water partition coefficient (Wildman–Crippen LogP) is 2.82. The van der Waals surface area contributed by atoms with Gasteiger partial charge in [0.2, 0.25) is 5.91 Å². The predicted molar refractivity (Wildman–Crippen MR) is 76.9 cm³/mol. The topological polar surface area (TPSA) is 32.3 Å². The number of hydrogen-bond acceptors (Lipinski definition) is 2. The summed E-state index contributed by atoms with van der Waals surface area (Å²) in [5.41, 5.74) is 0.985. The lowest BCUT2D eigenvalue weighted by molar-refractivity contribution is -0.118. The van der Waals surface area contributed by atoms with E-state index in [1.165, 1.54) is 12.8 Å². The Labute approximate surface area is 110 Å². The molecule has 0 aliphatic heterocycles. The summed E-state index contributed by atoms with van der Waals surface area (Å²) in [4.78, 5) is 13.9. The minimum atomic E-state index is 0.188. The Morgan fingerprint density at radius 3 is 2.50 bits per heavy atom. The van der Waals surface area contributed by atoms with E-state index in [0.29, 0.717) is 6.42 Å². The summed E-state index contributed by atoms with van der Waals surface area (Å²) < 4.78 is 0. The van der Waals surface area contributed by atoms with Gasteiger partial charge in [-0.25, -0.2) is 0 Å². The molecule has 0 aliphatic carbocycles. The first kappa shape index (κ1) is 14.7. The summed E-state index contributed by atoms with van der Waals surface area (Å²) >= 11 is 0. The van der Waals surface area contributed by atoms with Crippen LogP contribution in [-0.2, 0) is 4.79 Å². The molecule has 0 radical (unpaired) electrons. The molecule has 0 spiro atoms. The first-order chi connectivity index (χ1) is 8.79. The lowest BCUT2D eigenvalue weighted by atomic mass is 10.2. The van der Waals surface area contributed by atoms with Gasteiger partial charge < -0.3 is 10.2 Å². The number of amides is 1. The molecular formula is C15H24N2O. The van der Waals surface area contributed by atoms with E-state index in [4.69, 9.17) is 0 Å². The van der Waals surface area contributed by atoms with Crippen LogP contribution < -0.4 is 10.2 Å². The Morgan fingerprint density at radius 2 is 1.89 bits per heavy atom. The summed E-state index contributed by atoms with van der Waals surface area (Å²) in [5, 5.41) is 3.30. The molecule has 1 aromatic carbocycles. The average molecular weight is 248 g/mol. The molecule has 0 bridgehead atoms. The lowest BCUT2D eigenvalue weighted by Crippen LogP contribution is -2.33. The highest BCUT2D eigenvalue weighted by atomic mass is 16.2. The highest BCUT2D eigenvalue weighted by molar-refractivity contribution is 5.93. The van der Waals surface area contributed by atoms with Crippen LogP contribution in [0.15, 0.2) is 30.3 Å². The molecule has 0 saturated heterocycles. The van der Waals surface area contributed by atoms with Crippen molar-refractivity contribution in [2.45, 2.75) is 33.1 Å². The van der Waals surface area contributed by atoms with Crippen molar-refractivity contribution in [3.8, 4) is 0 Å². The van der Waals surface area contributed by atoms with E-state index in [-0.39, 0.29) is 5.91 Å². The summed E-state index contributed by atoms with van der Waals surface area (Å²) in [6.07, 6.45) is 2.92. The number of para-hydroxylation sites is 1. The van der Waals surface area contributed by atoms with Crippen LogP contribution in [0, 0.1) is 0 Å². The van der Waals surface area contributed by atoms with Gasteiger partial charge in [0.25, 0.3) is 0 Å². The minimum Gasteiger partial charge on any atom is -0.316 e. The number of nitrogens with one attached hydrogen (secondary N) is 1. The first-order valence-electron chi connectivity index (χ1n) is 6.85. The van der Waals surface area contributed by atoms with Crippen molar-refractivity contribution in [1.82, 2.24) is 5.32 Å². The van der Waals surface area contributed by atoms with Crippen LogP contribution in [0.3, 0.4) is 0 Å². The zero-order valence-corrected chi connectivity index (χ0v) is 11.5. The van der Waals surface area contributed by atoms with Gasteiger partial charge >= 0.3 is 0 Å². The number of rotatable bonds is 8. The second-order valence-electron chi connectivity index (χ2n) is 4.33. The third-order valence-corrected chi connectivity index (χ3v) is 2.91. The molecule has 3 nitrogen and oxygen atoms in total. The highest BCUT2D eigenvalue weighted by Crippen LogP contribution is 2.13. The van der Waals surface area contributed by atoms with Crippen molar-refractivity contribution in [3.05, 3.63) is 30.3 Å². The van der Waals surface area contributed by atoms with E-state index in [1.54, 1.807) is 0 Å². The summed E-state index contributed by atoms with van der Waals surface area (Å²) in [6.45, 7) is 6.66. The van der Waals surface area contributed by atoms with Crippen molar-refractivity contribution >= 4 is 11.6 Å². The third-order valence-electron chi connectivity index (χ3n) is 2.91. The fraction of sp³-hybridized carbons (Fsp3) is 0.533. The van der Waals surface area contributed by atoms with Crippen LogP contribution in [-0.4, -0.2) is 25.5 Å². The number of anilines is 1. The minimum absolute atomic E-state index is 0.188. The highest BCUT2D eigenvalue weighted by Gasteiger charge is 2.12. The first-order valence-corrected chi connectivity index (χ1v) is 6.85. The Bertz CT molecular complexity index is 338. The molecule has 0 unspecified atom stereocenters. The standard InChI is InChI=1S/C15H24N2O/c1-3-5-12-16-13-11-15(18)17(4-2)14-9-7-6-8-10-14/h6-10,16H,3-5,11-13H2,1-2H3. The Hall–Kier alpha value is -1.35. The van der Waals surface area contributed by atoms with Crippen LogP contribution in [0.25, 0.3) is 0 Å². The monoisotopic (exact) mass is 248 g/mol. The zero-order chi connectivity index (χ0) is 13.2. The summed E-state index contributed by atoms with van der Waals surface area (Å²) in [5.74, 6) is 0.188. The number of nitrogens with zero attached hydrogens (tertiary/aromatic N) is 1. The summed E-state index contributed by atoms with van der Waals surface area (Å²) in [7, 11) is 0. The molecule has 3 heteroatoms. The van der Waals surface area contributed by atoms with Crippen molar-refractivity contribution in [1.29, 1.82) is 0 Å². The fourth-order valence-corrected chi connectivity index (χ4v) is 1.87. The molecule has 0 fully saturated rings. The molecule has 0 aromatic heterocycles. The third kappa shape index (κ3) is 4.88. The summed E-state index contributed by atoms with van der Waals surface area (Å²) in [6, 6.07) is 9.85. The van der Waals surface area contributed by atoms with Crippen molar-refractivity contribution < 1.29 is 4.79 Å². The maximum atomic E-state index is 12.1. The number of carbonyl (C=O) groups excluding carboxylic acids is 1. The van der Waals surface area contributed by atoms with E-state index >= 15 is 0 Å². The molecule has 0 atom stereocenters. The zero-order valence-electron chi connectivity index (χ0n) is 11.5. The maximum Gasteiger partial charge on any atom is 0.228 e. The molecular weight excluding hydrogens is 224 g/mol. The Balaban J connectivity index is 2.39. The fourth-order valence-electron chi connectivity index (χ4n) is 1.87. The van der Waals surface area contributed by atoms with Gasteiger partial charge in [-0.05, 0) is 32.0 Å². The van der Waals surface area contributed by atoms with Crippen LogP contribution in [0.4, 0.5) is 5.69 Å². The normalized spacial score (nSPS) is 10.3. The second kappa shape index (κ2) is 8.70. The molecule has 18 heavy (non-hydrogen) atoms. The van der Waals surface area contributed by atoms with Gasteiger partial charge in [-0.3, -0.25) is 4.79 Å². The van der Waals surface area contributed by atoms with Crippen molar-refractivity contribution in [2.75, 3.05) is 24.5 Å². The maximum absolute atomic E-state index is 12.1. The lowest BCUT2D eigenvalue weighted by Gasteiger charge is -2.21. The molecule has 1 aromatic rings. The quantitative estimate of drug-likeness (QED) is 0.717. The van der Waals surface area contributed by atoms with Gasteiger partial charge in [0.15, 0.2) is 0 Å². The number of carbonyl (C=O) groups is 1. The molecule has 0 aliphatic rings. The molecule has 1 N–H and O–H groups in total. The molecule has 0 saturated carbocycles.